The lowest BCUT2D eigenvalue weighted by atomic mass is 9.91. The Morgan fingerprint density at radius 3 is 1.59 bits per heavy atom. The van der Waals surface area contributed by atoms with Gasteiger partial charge in [-0.15, -0.1) is 0 Å². The Bertz CT molecular complexity index is 287. The Morgan fingerprint density at radius 2 is 1.18 bits per heavy atom. The van der Waals surface area contributed by atoms with Crippen LogP contribution in [-0.2, 0) is 9.59 Å². The Morgan fingerprint density at radius 1 is 0.773 bits per heavy atom. The molecule has 0 fully saturated rings. The molecule has 0 heterocycles. The molecule has 1 unspecified atom stereocenters. The van der Waals surface area contributed by atoms with Crippen LogP contribution in [0.2, 0.25) is 0 Å². The average molecular weight is 314 g/mol. The molecule has 0 radical (unpaired) electrons. The van der Waals surface area contributed by atoms with Gasteiger partial charge in [-0.2, -0.15) is 0 Å². The number of carboxylic acid groups (broad SMARTS) is 2. The Hall–Kier alpha value is -1.06. The summed E-state index contributed by atoms with van der Waals surface area (Å²) in [7, 11) is 0. The fourth-order valence-electron chi connectivity index (χ4n) is 2.81. The van der Waals surface area contributed by atoms with Crippen molar-refractivity contribution in [3.63, 3.8) is 0 Å². The van der Waals surface area contributed by atoms with Gasteiger partial charge in [0.2, 0.25) is 0 Å². The normalized spacial score (nSPS) is 12.5. The van der Waals surface area contributed by atoms with Gasteiger partial charge >= 0.3 is 11.9 Å². The first-order valence-electron chi connectivity index (χ1n) is 8.94. The van der Waals surface area contributed by atoms with Crippen molar-refractivity contribution in [3.05, 3.63) is 0 Å². The summed E-state index contributed by atoms with van der Waals surface area (Å²) in [5, 5.41) is 17.7. The maximum atomic E-state index is 10.8. The molecule has 4 heteroatoms. The third kappa shape index (κ3) is 11.6. The summed E-state index contributed by atoms with van der Waals surface area (Å²) in [5.74, 6) is -3.53. The average Bonchev–Trinajstić information content (AvgIpc) is 2.46. The number of aliphatic carboxylic acids is 2. The van der Waals surface area contributed by atoms with E-state index in [2.05, 4.69) is 6.92 Å². The zero-order valence-corrected chi connectivity index (χ0v) is 14.4. The molecule has 0 amide bonds. The summed E-state index contributed by atoms with van der Waals surface area (Å²) in [4.78, 5) is 21.7. The van der Waals surface area contributed by atoms with Crippen LogP contribution in [0.15, 0.2) is 0 Å². The van der Waals surface area contributed by atoms with Crippen LogP contribution in [0.25, 0.3) is 0 Å². The lowest BCUT2D eigenvalue weighted by molar-refractivity contribution is -0.155. The molecular weight excluding hydrogens is 280 g/mol. The molecule has 4 nitrogen and oxygen atoms in total. The minimum atomic E-state index is -1.25. The summed E-state index contributed by atoms with van der Waals surface area (Å²) in [5.41, 5.74) is 0. The van der Waals surface area contributed by atoms with E-state index in [1.54, 1.807) is 0 Å². The van der Waals surface area contributed by atoms with E-state index >= 15 is 0 Å². The first-order chi connectivity index (χ1) is 10.5. The quantitative estimate of drug-likeness (QED) is 0.325. The maximum absolute atomic E-state index is 10.8. The fraction of sp³-hybridized carbons (Fsp3) is 0.889. The van der Waals surface area contributed by atoms with E-state index in [4.69, 9.17) is 10.2 Å². The van der Waals surface area contributed by atoms with E-state index in [0.717, 1.165) is 12.8 Å². The summed E-state index contributed by atoms with van der Waals surface area (Å²) in [6.45, 7) is 4.18. The minimum Gasteiger partial charge on any atom is -0.481 e. The van der Waals surface area contributed by atoms with Crippen LogP contribution >= 0.6 is 0 Å². The first kappa shape index (κ1) is 20.9. The number of hydrogen-bond donors (Lipinski definition) is 2. The molecule has 22 heavy (non-hydrogen) atoms. The summed E-state index contributed by atoms with van der Waals surface area (Å²) < 4.78 is 0. The fourth-order valence-corrected chi connectivity index (χ4v) is 2.81. The van der Waals surface area contributed by atoms with Crippen LogP contribution in [0.3, 0.4) is 0 Å². The molecule has 0 aliphatic heterocycles. The van der Waals surface area contributed by atoms with E-state index in [-0.39, 0.29) is 12.3 Å². The molecule has 0 saturated heterocycles. The van der Waals surface area contributed by atoms with Gasteiger partial charge in [-0.1, -0.05) is 84.5 Å². The highest BCUT2D eigenvalue weighted by Crippen LogP contribution is 2.20. The van der Waals surface area contributed by atoms with Crippen molar-refractivity contribution in [2.24, 2.45) is 11.8 Å². The summed E-state index contributed by atoms with van der Waals surface area (Å²) >= 11 is 0. The van der Waals surface area contributed by atoms with E-state index in [1.165, 1.54) is 57.8 Å². The largest absolute Gasteiger partial charge is 0.481 e. The van der Waals surface area contributed by atoms with Gasteiger partial charge in [0.25, 0.3) is 0 Å². The number of unbranched alkanes of at least 4 members (excludes halogenated alkanes) is 9. The predicted molar refractivity (Wildman–Crippen MR) is 89.0 cm³/mol. The number of carboxylic acids is 2. The molecule has 2 N–H and O–H groups in total. The molecule has 0 saturated carbocycles. The van der Waals surface area contributed by atoms with Crippen molar-refractivity contribution in [2.45, 2.75) is 90.9 Å². The van der Waals surface area contributed by atoms with Crippen molar-refractivity contribution >= 4 is 11.9 Å². The second-order valence-electron chi connectivity index (χ2n) is 6.54. The van der Waals surface area contributed by atoms with Crippen molar-refractivity contribution < 1.29 is 19.8 Å². The van der Waals surface area contributed by atoms with Crippen molar-refractivity contribution in [1.82, 2.24) is 0 Å². The highest BCUT2D eigenvalue weighted by Gasteiger charge is 2.27. The molecule has 0 spiro atoms. The standard InChI is InChI=1S/C18H34O4/c1-3-4-5-6-7-8-9-10-11-12-13-15(2)14-16(17(19)20)18(21)22/h15-16H,3-14H2,1-2H3,(H,19,20)(H,21,22). The summed E-state index contributed by atoms with van der Waals surface area (Å²) in [6.07, 6.45) is 14.0. The van der Waals surface area contributed by atoms with Gasteiger partial charge in [-0.3, -0.25) is 9.59 Å². The SMILES string of the molecule is CCCCCCCCCCCCC(C)CC(C(=O)O)C(=O)O. The Balaban J connectivity index is 3.50. The second-order valence-corrected chi connectivity index (χ2v) is 6.54. The molecule has 0 bridgehead atoms. The van der Waals surface area contributed by atoms with E-state index in [0.29, 0.717) is 0 Å². The van der Waals surface area contributed by atoms with Gasteiger partial charge in [0.05, 0.1) is 0 Å². The molecule has 0 aromatic carbocycles. The van der Waals surface area contributed by atoms with Gasteiger partial charge in [0.1, 0.15) is 0 Å². The lowest BCUT2D eigenvalue weighted by Crippen LogP contribution is -2.25. The van der Waals surface area contributed by atoms with E-state index in [1.807, 2.05) is 6.92 Å². The topological polar surface area (TPSA) is 74.6 Å². The van der Waals surface area contributed by atoms with Crippen LogP contribution in [0, 0.1) is 11.8 Å². The number of hydrogen-bond acceptors (Lipinski definition) is 2. The molecule has 0 aliphatic carbocycles. The van der Waals surface area contributed by atoms with Gasteiger partial charge < -0.3 is 10.2 Å². The number of rotatable bonds is 15. The third-order valence-corrected chi connectivity index (χ3v) is 4.28. The van der Waals surface area contributed by atoms with Crippen molar-refractivity contribution in [2.75, 3.05) is 0 Å². The molecule has 130 valence electrons. The van der Waals surface area contributed by atoms with Crippen LogP contribution in [0.4, 0.5) is 0 Å². The van der Waals surface area contributed by atoms with Gasteiger partial charge in [-0.25, -0.2) is 0 Å². The van der Waals surface area contributed by atoms with Crippen LogP contribution in [0.1, 0.15) is 90.9 Å². The maximum Gasteiger partial charge on any atom is 0.317 e. The van der Waals surface area contributed by atoms with Gasteiger partial charge in [-0.05, 0) is 12.3 Å². The zero-order valence-electron chi connectivity index (χ0n) is 14.4. The molecule has 1 atom stereocenters. The Labute approximate surface area is 135 Å². The molecule has 0 aliphatic rings. The minimum absolute atomic E-state index is 0.159. The smallest absolute Gasteiger partial charge is 0.317 e. The van der Waals surface area contributed by atoms with Gasteiger partial charge in [0, 0.05) is 0 Å². The monoisotopic (exact) mass is 314 g/mol. The third-order valence-electron chi connectivity index (χ3n) is 4.28. The van der Waals surface area contributed by atoms with Crippen molar-refractivity contribution in [3.8, 4) is 0 Å². The van der Waals surface area contributed by atoms with E-state index in [9.17, 15) is 9.59 Å². The van der Waals surface area contributed by atoms with Crippen molar-refractivity contribution in [1.29, 1.82) is 0 Å². The predicted octanol–water partition coefficient (Wildman–Crippen LogP) is 5.11. The molecule has 0 aromatic heterocycles. The lowest BCUT2D eigenvalue weighted by Gasteiger charge is -2.14. The first-order valence-corrected chi connectivity index (χ1v) is 8.94. The van der Waals surface area contributed by atoms with Crippen LogP contribution in [0.5, 0.6) is 0 Å². The zero-order chi connectivity index (χ0) is 16.8. The number of carbonyl (C=O) groups is 2. The van der Waals surface area contributed by atoms with E-state index < -0.39 is 17.9 Å². The molecule has 0 rings (SSSR count). The highest BCUT2D eigenvalue weighted by atomic mass is 16.4. The second kappa shape index (κ2) is 13.6. The van der Waals surface area contributed by atoms with Gasteiger partial charge in [0.15, 0.2) is 5.92 Å². The van der Waals surface area contributed by atoms with Crippen LogP contribution < -0.4 is 0 Å². The molecular formula is C18H34O4. The molecule has 0 aromatic rings. The highest BCUT2D eigenvalue weighted by molar-refractivity contribution is 5.92. The summed E-state index contributed by atoms with van der Waals surface area (Å²) in [6, 6.07) is 0. The Kier molecular flexibility index (Phi) is 12.9. The van der Waals surface area contributed by atoms with Crippen LogP contribution in [-0.4, -0.2) is 22.2 Å².